The molecule has 0 aliphatic rings. The number of methoxy groups -OCH3 is 2. The Morgan fingerprint density at radius 3 is 2.10 bits per heavy atom. The third-order valence-electron chi connectivity index (χ3n) is 10.1. The summed E-state index contributed by atoms with van der Waals surface area (Å²) in [5, 5.41) is 12.7. The second kappa shape index (κ2) is 14.3. The minimum atomic E-state index is -3.92. The summed E-state index contributed by atoms with van der Waals surface area (Å²) >= 11 is 0. The average molecular weight is 738 g/mol. The molecule has 0 aliphatic heterocycles. The number of aromatic nitrogens is 2. The van der Waals surface area contributed by atoms with Gasteiger partial charge in [-0.3, -0.25) is 13.7 Å². The van der Waals surface area contributed by atoms with Crippen molar-refractivity contribution in [3.05, 3.63) is 87.6 Å². The number of rotatable bonds is 13. The quantitative estimate of drug-likeness (QED) is 0.118. The minimum Gasteiger partial charge on any atom is -0.541 e. The van der Waals surface area contributed by atoms with E-state index in [9.17, 15) is 22.7 Å². The van der Waals surface area contributed by atoms with E-state index in [1.807, 2.05) is 6.07 Å². The van der Waals surface area contributed by atoms with E-state index in [4.69, 9.17) is 13.9 Å². The Kier molecular flexibility index (Phi) is 10.6. The summed E-state index contributed by atoms with van der Waals surface area (Å²) in [4.78, 5) is 18.1. The maximum Gasteiger partial charge on any atom is 0.264 e. The fraction of sp³-hybridized carbons (Fsp3) is 0.395. The lowest BCUT2D eigenvalue weighted by Crippen LogP contribution is -2.50. The number of H-pyrrole nitrogens is 1. The van der Waals surface area contributed by atoms with Gasteiger partial charge in [-0.05, 0) is 64.5 Å². The fourth-order valence-electron chi connectivity index (χ4n) is 7.56. The molecule has 2 heterocycles. The lowest BCUT2D eigenvalue weighted by atomic mass is 10.0. The number of hydrogen-bond acceptors (Lipinski definition) is 7. The van der Waals surface area contributed by atoms with Crippen LogP contribution in [0.2, 0.25) is 16.6 Å². The molecule has 2 aromatic heterocycles. The van der Waals surface area contributed by atoms with Crippen molar-refractivity contribution in [1.82, 2.24) is 9.55 Å². The summed E-state index contributed by atoms with van der Waals surface area (Å²) in [6.07, 6.45) is 3.27. The lowest BCUT2D eigenvalue weighted by Gasteiger charge is -2.42. The van der Waals surface area contributed by atoms with Gasteiger partial charge in [0, 0.05) is 30.3 Å². The number of hydrogen-bond donors (Lipinski definition) is 2. The van der Waals surface area contributed by atoms with Crippen LogP contribution in [-0.4, -0.2) is 58.9 Å². The Morgan fingerprint density at radius 2 is 1.55 bits per heavy atom. The van der Waals surface area contributed by atoms with Crippen molar-refractivity contribution in [3.8, 4) is 23.1 Å². The van der Waals surface area contributed by atoms with Crippen molar-refractivity contribution in [3.63, 3.8) is 0 Å². The number of pyridine rings is 1. The number of halogens is 1. The molecular weight excluding hydrogens is 690 g/mol. The molecule has 0 bridgehead atoms. The molecule has 0 saturated heterocycles. The Bertz CT molecular complexity index is 2220. The molecule has 0 amide bonds. The van der Waals surface area contributed by atoms with E-state index in [1.165, 1.54) is 38.0 Å². The molecule has 274 valence electrons. The smallest absolute Gasteiger partial charge is 0.264 e. The number of benzene rings is 3. The predicted molar refractivity (Wildman–Crippen MR) is 205 cm³/mol. The predicted octanol–water partition coefficient (Wildman–Crippen LogP) is 7.93. The largest absolute Gasteiger partial charge is 0.541 e. The monoisotopic (exact) mass is 737 g/mol. The van der Waals surface area contributed by atoms with Crippen molar-refractivity contribution >= 4 is 45.7 Å². The minimum absolute atomic E-state index is 0.0157. The van der Waals surface area contributed by atoms with Gasteiger partial charge in [0.15, 0.2) is 0 Å². The molecule has 0 fully saturated rings. The fourth-order valence-corrected chi connectivity index (χ4v) is 13.3. The summed E-state index contributed by atoms with van der Waals surface area (Å²) in [5.41, 5.74) is 2.58. The van der Waals surface area contributed by atoms with Crippen LogP contribution in [0.4, 0.5) is 10.1 Å². The first-order chi connectivity index (χ1) is 24.0. The van der Waals surface area contributed by atoms with Crippen molar-refractivity contribution in [2.75, 3.05) is 31.8 Å². The van der Waals surface area contributed by atoms with Crippen molar-refractivity contribution in [2.24, 2.45) is 0 Å². The zero-order valence-electron chi connectivity index (χ0n) is 30.9. The highest BCUT2D eigenvalue weighted by Gasteiger charge is 2.48. The topological polar surface area (TPSA) is 123 Å². The molecular formula is C38H48FN3O7SSi. The second-order valence-electron chi connectivity index (χ2n) is 14.1. The highest BCUT2D eigenvalue weighted by atomic mass is 32.2. The lowest BCUT2D eigenvalue weighted by molar-refractivity contribution is 0.387. The van der Waals surface area contributed by atoms with E-state index >= 15 is 0 Å². The number of sulfonamides is 1. The molecule has 0 radical (unpaired) electrons. The molecule has 0 aliphatic carbocycles. The van der Waals surface area contributed by atoms with E-state index in [1.54, 1.807) is 36.5 Å². The van der Waals surface area contributed by atoms with Crippen LogP contribution in [0.3, 0.4) is 0 Å². The zero-order chi connectivity index (χ0) is 37.6. The van der Waals surface area contributed by atoms with Crippen LogP contribution in [-0.2, 0) is 23.0 Å². The van der Waals surface area contributed by atoms with E-state index in [0.717, 1.165) is 21.7 Å². The summed E-state index contributed by atoms with van der Waals surface area (Å²) < 4.78 is 60.9. The Balaban J connectivity index is 1.93. The number of nitrogens with zero attached hydrogens (tertiary/aromatic N) is 2. The first-order valence-electron chi connectivity index (χ1n) is 17.0. The molecule has 13 heteroatoms. The molecule has 0 spiro atoms. The molecule has 0 saturated carbocycles. The van der Waals surface area contributed by atoms with Crippen LogP contribution in [0.5, 0.6) is 23.1 Å². The number of aromatic amines is 1. The first kappa shape index (κ1) is 37.8. The third-order valence-corrected chi connectivity index (χ3v) is 17.2. The van der Waals surface area contributed by atoms with Gasteiger partial charge in [0.05, 0.1) is 49.0 Å². The van der Waals surface area contributed by atoms with Gasteiger partial charge in [-0.2, -0.15) is 0 Å². The van der Waals surface area contributed by atoms with Gasteiger partial charge in [-0.1, -0.05) is 53.7 Å². The summed E-state index contributed by atoms with van der Waals surface area (Å²) in [7, 11) is -2.22. The number of nitrogens with one attached hydrogen (secondary N) is 1. The Labute approximate surface area is 300 Å². The van der Waals surface area contributed by atoms with Crippen LogP contribution in [0.1, 0.15) is 58.2 Å². The van der Waals surface area contributed by atoms with Crippen molar-refractivity contribution < 1.29 is 31.8 Å². The van der Waals surface area contributed by atoms with Gasteiger partial charge >= 0.3 is 0 Å². The van der Waals surface area contributed by atoms with Crippen molar-refractivity contribution in [2.45, 2.75) is 71.1 Å². The van der Waals surface area contributed by atoms with Gasteiger partial charge in [-0.15, -0.1) is 0 Å². The van der Waals surface area contributed by atoms with Crippen LogP contribution >= 0.6 is 0 Å². The Hall–Kier alpha value is -4.49. The van der Waals surface area contributed by atoms with E-state index < -0.39 is 23.9 Å². The third kappa shape index (κ3) is 6.81. The van der Waals surface area contributed by atoms with E-state index in [0.29, 0.717) is 40.1 Å². The number of fused-ring (bicyclic) bond motifs is 2. The van der Waals surface area contributed by atoms with Crippen LogP contribution in [0.25, 0.3) is 21.7 Å². The highest BCUT2D eigenvalue weighted by Crippen LogP contribution is 2.50. The molecule has 5 rings (SSSR count). The molecule has 10 nitrogen and oxygen atoms in total. The zero-order valence-corrected chi connectivity index (χ0v) is 32.7. The molecule has 5 aromatic rings. The number of anilines is 1. The summed E-state index contributed by atoms with van der Waals surface area (Å²) in [6, 6.07) is 13.2. The SMILES string of the molecule is COc1ccc(Cn2c(O)c3c(O[Si](C(C)C)(C(C)C)C(C)C)c4[nH]cc(Cc5ccc(F)cc5)cc4c(N(C)S(C)(=O)=O)c3c2=O)c(OC)c1. The van der Waals surface area contributed by atoms with Gasteiger partial charge < -0.3 is 24.0 Å². The van der Waals surface area contributed by atoms with Crippen LogP contribution in [0.15, 0.2) is 59.5 Å². The Morgan fingerprint density at radius 1 is 0.922 bits per heavy atom. The standard InChI is InChI=1S/C38H48FN3O7SSi/c1-22(2)51(23(3)4,24(5)6)49-36-33-32(37(43)42(38(33)44)21-27-13-16-29(47-8)19-31(27)48-9)35(41(7)50(10,45)46)30-18-26(20-40-34(30)36)17-25-11-14-28(39)15-12-25/h11-16,18-20,22-24,40,44H,17,21H2,1-10H3. The molecule has 2 N–H and O–H groups in total. The number of ether oxygens (including phenoxy) is 2. The molecule has 51 heavy (non-hydrogen) atoms. The molecule has 3 aromatic carbocycles. The second-order valence-corrected chi connectivity index (χ2v) is 21.5. The van der Waals surface area contributed by atoms with Gasteiger partial charge in [0.2, 0.25) is 15.9 Å². The highest BCUT2D eigenvalue weighted by molar-refractivity contribution is 7.92. The number of aromatic hydroxyl groups is 1. The normalized spacial score (nSPS) is 12.4. The maximum atomic E-state index is 14.7. The summed E-state index contributed by atoms with van der Waals surface area (Å²) in [6.45, 7) is 12.8. The molecule has 0 unspecified atom stereocenters. The van der Waals surface area contributed by atoms with E-state index in [2.05, 4.69) is 46.5 Å². The molecule has 0 atom stereocenters. The maximum absolute atomic E-state index is 14.7. The van der Waals surface area contributed by atoms with Gasteiger partial charge in [0.1, 0.15) is 23.1 Å². The van der Waals surface area contributed by atoms with Gasteiger partial charge in [0.25, 0.3) is 13.9 Å². The first-order valence-corrected chi connectivity index (χ1v) is 21.0. The summed E-state index contributed by atoms with van der Waals surface area (Å²) in [5.74, 6) is 0.610. The van der Waals surface area contributed by atoms with Gasteiger partial charge in [-0.25, -0.2) is 12.8 Å². The van der Waals surface area contributed by atoms with Crippen molar-refractivity contribution in [1.29, 1.82) is 0 Å². The van der Waals surface area contributed by atoms with Crippen LogP contribution < -0.4 is 23.8 Å². The van der Waals surface area contributed by atoms with Crippen LogP contribution in [0, 0.1) is 5.82 Å². The van der Waals surface area contributed by atoms with E-state index in [-0.39, 0.29) is 51.3 Å². The average Bonchev–Trinajstić information content (AvgIpc) is 3.31.